The van der Waals surface area contributed by atoms with Gasteiger partial charge in [0.2, 0.25) is 0 Å². The highest BCUT2D eigenvalue weighted by Gasteiger charge is 2.39. The van der Waals surface area contributed by atoms with E-state index in [1.54, 1.807) is 24.1 Å². The summed E-state index contributed by atoms with van der Waals surface area (Å²) < 4.78 is 7.20. The van der Waals surface area contributed by atoms with Crippen LogP contribution in [0.1, 0.15) is 12.8 Å². The average molecular weight is 335 g/mol. The summed E-state index contributed by atoms with van der Waals surface area (Å²) in [5.74, 6) is -0.135. The summed E-state index contributed by atoms with van der Waals surface area (Å²) in [6, 6.07) is 7.18. The van der Waals surface area contributed by atoms with Crippen LogP contribution >= 0.6 is 11.6 Å². The number of benzene rings is 1. The molecule has 1 amide bonds. The summed E-state index contributed by atoms with van der Waals surface area (Å²) in [4.78, 5) is 12.6. The fourth-order valence-corrected chi connectivity index (χ4v) is 3.05. The second kappa shape index (κ2) is 6.70. The van der Waals surface area contributed by atoms with Crippen LogP contribution in [0.15, 0.2) is 36.7 Å². The fourth-order valence-electron chi connectivity index (χ4n) is 2.78. The maximum Gasteiger partial charge on any atom is 0.256 e. The van der Waals surface area contributed by atoms with Crippen molar-refractivity contribution in [1.29, 1.82) is 0 Å². The van der Waals surface area contributed by atoms with Crippen LogP contribution in [0.4, 0.5) is 5.69 Å². The molecule has 122 valence electrons. The third-order valence-corrected chi connectivity index (χ3v) is 4.48. The van der Waals surface area contributed by atoms with Crippen molar-refractivity contribution in [2.75, 3.05) is 25.5 Å². The molecule has 0 atom stereocenters. The van der Waals surface area contributed by atoms with Crippen LogP contribution in [0.3, 0.4) is 0 Å². The van der Waals surface area contributed by atoms with Crippen molar-refractivity contribution in [1.82, 2.24) is 15.1 Å². The second-order valence-electron chi connectivity index (χ2n) is 5.52. The summed E-state index contributed by atoms with van der Waals surface area (Å²) >= 11 is 6.31. The first kappa shape index (κ1) is 16.0. The van der Waals surface area contributed by atoms with Crippen molar-refractivity contribution >= 4 is 23.2 Å². The Kier molecular flexibility index (Phi) is 4.66. The molecule has 1 aliphatic rings. The number of nitrogens with zero attached hydrogens (tertiary/aromatic N) is 2. The number of piperidine rings is 1. The Labute approximate surface area is 139 Å². The summed E-state index contributed by atoms with van der Waals surface area (Å²) in [5.41, 5.74) is 0.627. The van der Waals surface area contributed by atoms with E-state index in [2.05, 4.69) is 15.7 Å². The number of ether oxygens (including phenoxy) is 1. The van der Waals surface area contributed by atoms with Gasteiger partial charge in [-0.3, -0.25) is 4.79 Å². The Hall–Kier alpha value is -1.89. The number of amides is 1. The predicted molar refractivity (Wildman–Crippen MR) is 89.0 cm³/mol. The maximum absolute atomic E-state index is 12.6. The number of carbonyl (C=O) groups is 1. The summed E-state index contributed by atoms with van der Waals surface area (Å²) in [6.07, 6.45) is 4.79. The molecule has 2 heterocycles. The molecule has 2 aromatic rings. The van der Waals surface area contributed by atoms with Gasteiger partial charge in [0.25, 0.3) is 5.91 Å². The largest absolute Gasteiger partial charge is 0.368 e. The molecule has 1 fully saturated rings. The Morgan fingerprint density at radius 3 is 2.83 bits per heavy atom. The highest BCUT2D eigenvalue weighted by Crippen LogP contribution is 2.27. The molecule has 0 saturated carbocycles. The zero-order chi connectivity index (χ0) is 16.3. The van der Waals surface area contributed by atoms with Crippen molar-refractivity contribution in [3.63, 3.8) is 0 Å². The molecule has 6 nitrogen and oxygen atoms in total. The van der Waals surface area contributed by atoms with Crippen molar-refractivity contribution in [2.24, 2.45) is 0 Å². The molecule has 0 aliphatic carbocycles. The van der Waals surface area contributed by atoms with Crippen LogP contribution in [0.2, 0.25) is 5.02 Å². The van der Waals surface area contributed by atoms with E-state index in [9.17, 15) is 4.79 Å². The monoisotopic (exact) mass is 334 g/mol. The van der Waals surface area contributed by atoms with Gasteiger partial charge in [0, 0.05) is 25.2 Å². The average Bonchev–Trinajstić information content (AvgIpc) is 3.09. The first-order valence-electron chi connectivity index (χ1n) is 7.51. The molecule has 0 unspecified atom stereocenters. The lowest BCUT2D eigenvalue weighted by Gasteiger charge is -2.34. The van der Waals surface area contributed by atoms with E-state index in [-0.39, 0.29) is 5.91 Å². The molecule has 0 bridgehead atoms. The number of nitrogens with one attached hydrogen (secondary N) is 2. The Balaban J connectivity index is 1.77. The van der Waals surface area contributed by atoms with Gasteiger partial charge in [0.1, 0.15) is 5.60 Å². The first-order chi connectivity index (χ1) is 11.1. The van der Waals surface area contributed by atoms with E-state index in [4.69, 9.17) is 16.3 Å². The number of carbonyl (C=O) groups excluding carboxylic acids is 1. The van der Waals surface area contributed by atoms with Crippen LogP contribution < -0.4 is 10.6 Å². The Morgan fingerprint density at radius 2 is 2.22 bits per heavy atom. The smallest absolute Gasteiger partial charge is 0.256 e. The molecule has 1 saturated heterocycles. The SMILES string of the molecule is COC1(C(=O)Nc2ccc(-n3cccn3)c(Cl)c2)CCNCC1. The lowest BCUT2D eigenvalue weighted by atomic mass is 9.91. The second-order valence-corrected chi connectivity index (χ2v) is 5.93. The molecule has 23 heavy (non-hydrogen) atoms. The molecule has 3 rings (SSSR count). The zero-order valence-corrected chi connectivity index (χ0v) is 13.6. The van der Waals surface area contributed by atoms with Crippen LogP contribution in [0.5, 0.6) is 0 Å². The molecule has 0 radical (unpaired) electrons. The van der Waals surface area contributed by atoms with Crippen LogP contribution in [0, 0.1) is 0 Å². The van der Waals surface area contributed by atoms with Crippen LogP contribution in [-0.4, -0.2) is 41.5 Å². The fraction of sp³-hybridized carbons (Fsp3) is 0.375. The van der Waals surface area contributed by atoms with Crippen molar-refractivity contribution in [2.45, 2.75) is 18.4 Å². The molecule has 1 aliphatic heterocycles. The first-order valence-corrected chi connectivity index (χ1v) is 7.89. The number of rotatable bonds is 4. The molecule has 7 heteroatoms. The van der Waals surface area contributed by atoms with Crippen LogP contribution in [-0.2, 0) is 9.53 Å². The molecule has 2 N–H and O–H groups in total. The van der Waals surface area contributed by atoms with E-state index in [1.165, 1.54) is 0 Å². The summed E-state index contributed by atoms with van der Waals surface area (Å²) in [7, 11) is 1.58. The lowest BCUT2D eigenvalue weighted by Crippen LogP contribution is -2.51. The molecule has 1 aromatic heterocycles. The third kappa shape index (κ3) is 3.24. The molecular weight excluding hydrogens is 316 g/mol. The number of halogens is 1. The van der Waals surface area contributed by atoms with E-state index >= 15 is 0 Å². The molecule has 1 aromatic carbocycles. The van der Waals surface area contributed by atoms with Gasteiger partial charge < -0.3 is 15.4 Å². The van der Waals surface area contributed by atoms with Crippen molar-refractivity contribution in [3.05, 3.63) is 41.7 Å². The predicted octanol–water partition coefficient (Wildman–Crippen LogP) is 2.23. The van der Waals surface area contributed by atoms with Gasteiger partial charge in [-0.1, -0.05) is 11.6 Å². The van der Waals surface area contributed by atoms with Gasteiger partial charge >= 0.3 is 0 Å². The van der Waals surface area contributed by atoms with Gasteiger partial charge in [-0.2, -0.15) is 5.10 Å². The maximum atomic E-state index is 12.6. The van der Waals surface area contributed by atoms with E-state index in [0.717, 1.165) is 18.8 Å². The Bertz CT molecular complexity index is 681. The molecular formula is C16H19ClN4O2. The Morgan fingerprint density at radius 1 is 1.43 bits per heavy atom. The minimum absolute atomic E-state index is 0.135. The third-order valence-electron chi connectivity index (χ3n) is 4.17. The van der Waals surface area contributed by atoms with Gasteiger partial charge in [-0.15, -0.1) is 0 Å². The van der Waals surface area contributed by atoms with Crippen LogP contribution in [0.25, 0.3) is 5.69 Å². The topological polar surface area (TPSA) is 68.2 Å². The minimum Gasteiger partial charge on any atom is -0.368 e. The van der Waals surface area contributed by atoms with Gasteiger partial charge in [0.05, 0.1) is 10.7 Å². The quantitative estimate of drug-likeness (QED) is 0.899. The summed E-state index contributed by atoms with van der Waals surface area (Å²) in [6.45, 7) is 1.53. The minimum atomic E-state index is -0.779. The van der Waals surface area contributed by atoms with Crippen molar-refractivity contribution < 1.29 is 9.53 Å². The standard InChI is InChI=1S/C16H19ClN4O2/c1-23-16(5-8-18-9-6-16)15(22)20-12-3-4-14(13(17)11-12)21-10-2-7-19-21/h2-4,7,10-11,18H,5-6,8-9H2,1H3,(H,20,22). The van der Waals surface area contributed by atoms with Gasteiger partial charge in [-0.05, 0) is 50.2 Å². The number of aromatic nitrogens is 2. The normalized spacial score (nSPS) is 17.0. The number of hydrogen-bond acceptors (Lipinski definition) is 4. The van der Waals surface area contributed by atoms with E-state index in [0.29, 0.717) is 23.6 Å². The number of anilines is 1. The highest BCUT2D eigenvalue weighted by atomic mass is 35.5. The zero-order valence-electron chi connectivity index (χ0n) is 12.9. The number of hydrogen-bond donors (Lipinski definition) is 2. The summed E-state index contributed by atoms with van der Waals surface area (Å²) in [5, 5.41) is 10.8. The number of methoxy groups -OCH3 is 1. The van der Waals surface area contributed by atoms with Gasteiger partial charge in [0.15, 0.2) is 0 Å². The van der Waals surface area contributed by atoms with E-state index in [1.807, 2.05) is 24.4 Å². The molecule has 0 spiro atoms. The van der Waals surface area contributed by atoms with Gasteiger partial charge in [-0.25, -0.2) is 4.68 Å². The lowest BCUT2D eigenvalue weighted by molar-refractivity contribution is -0.140. The van der Waals surface area contributed by atoms with Crippen molar-refractivity contribution in [3.8, 4) is 5.69 Å². The highest BCUT2D eigenvalue weighted by molar-refractivity contribution is 6.32. The van der Waals surface area contributed by atoms with E-state index < -0.39 is 5.60 Å².